The van der Waals surface area contributed by atoms with Crippen molar-refractivity contribution in [2.45, 2.75) is 46.1 Å². The molecule has 0 radical (unpaired) electrons. The zero-order valence-electron chi connectivity index (χ0n) is 13.7. The predicted octanol–water partition coefficient (Wildman–Crippen LogP) is 2.37. The molecule has 126 valence electrons. The molecule has 1 aliphatic heterocycles. The van der Waals surface area contributed by atoms with Gasteiger partial charge in [-0.2, -0.15) is 0 Å². The van der Waals surface area contributed by atoms with Crippen molar-refractivity contribution in [1.82, 2.24) is 25.0 Å². The Kier molecular flexibility index (Phi) is 9.42. The Labute approximate surface area is 150 Å². The molecule has 1 aromatic rings. The molecule has 1 aromatic heterocycles. The smallest absolute Gasteiger partial charge is 0.193 e. The van der Waals surface area contributed by atoms with E-state index in [2.05, 4.69) is 34.3 Å². The van der Waals surface area contributed by atoms with Gasteiger partial charge in [-0.15, -0.1) is 34.2 Å². The van der Waals surface area contributed by atoms with Crippen molar-refractivity contribution in [2.24, 2.45) is 10.9 Å². The van der Waals surface area contributed by atoms with E-state index in [1.807, 2.05) is 4.57 Å². The number of halogens is 1. The van der Waals surface area contributed by atoms with Crippen LogP contribution >= 0.6 is 24.0 Å². The van der Waals surface area contributed by atoms with Crippen LogP contribution < -0.4 is 5.32 Å². The molecule has 2 rings (SSSR count). The Balaban J connectivity index is 0.00000242. The molecular weight excluding hydrogens is 391 g/mol. The molecule has 1 fully saturated rings. The molecule has 1 aliphatic rings. The molecule has 1 saturated heterocycles. The second-order valence-corrected chi connectivity index (χ2v) is 5.81. The number of aryl methyl sites for hydroxylation is 1. The third kappa shape index (κ3) is 6.50. The SMILES string of the molecule is CCNC(=NCCCCn1cnnc1)N1CCC(C)CC1.I. The molecule has 0 aromatic carbocycles. The summed E-state index contributed by atoms with van der Waals surface area (Å²) in [5, 5.41) is 11.0. The number of hydrogen-bond donors (Lipinski definition) is 1. The molecule has 2 heterocycles. The highest BCUT2D eigenvalue weighted by Gasteiger charge is 2.18. The number of piperidine rings is 1. The first-order valence-corrected chi connectivity index (χ1v) is 8.15. The summed E-state index contributed by atoms with van der Waals surface area (Å²) in [5.74, 6) is 1.95. The highest BCUT2D eigenvalue weighted by molar-refractivity contribution is 14.0. The van der Waals surface area contributed by atoms with Gasteiger partial charge in [-0.05, 0) is 38.5 Å². The van der Waals surface area contributed by atoms with E-state index in [1.54, 1.807) is 12.7 Å². The number of rotatable bonds is 6. The third-order valence-corrected chi connectivity index (χ3v) is 3.97. The Morgan fingerprint density at radius 1 is 1.23 bits per heavy atom. The van der Waals surface area contributed by atoms with Crippen molar-refractivity contribution < 1.29 is 0 Å². The van der Waals surface area contributed by atoms with Gasteiger partial charge in [0.05, 0.1) is 0 Å². The summed E-state index contributed by atoms with van der Waals surface area (Å²) in [7, 11) is 0. The van der Waals surface area contributed by atoms with Crippen LogP contribution in [0.5, 0.6) is 0 Å². The zero-order chi connectivity index (χ0) is 14.9. The van der Waals surface area contributed by atoms with Crippen LogP contribution in [-0.4, -0.2) is 51.8 Å². The fourth-order valence-electron chi connectivity index (χ4n) is 2.57. The van der Waals surface area contributed by atoms with Gasteiger partial charge < -0.3 is 14.8 Å². The van der Waals surface area contributed by atoms with E-state index < -0.39 is 0 Å². The summed E-state index contributed by atoms with van der Waals surface area (Å²) in [6, 6.07) is 0. The van der Waals surface area contributed by atoms with Crippen LogP contribution in [0.25, 0.3) is 0 Å². The number of aliphatic imine (C=N–C) groups is 1. The Hall–Kier alpha value is -0.860. The lowest BCUT2D eigenvalue weighted by Gasteiger charge is -2.33. The van der Waals surface area contributed by atoms with Crippen molar-refractivity contribution >= 4 is 29.9 Å². The molecule has 1 N–H and O–H groups in total. The van der Waals surface area contributed by atoms with Crippen LogP contribution in [0.4, 0.5) is 0 Å². The topological polar surface area (TPSA) is 58.3 Å². The van der Waals surface area contributed by atoms with E-state index in [-0.39, 0.29) is 24.0 Å². The van der Waals surface area contributed by atoms with Crippen LogP contribution in [0.3, 0.4) is 0 Å². The van der Waals surface area contributed by atoms with E-state index in [0.29, 0.717) is 0 Å². The maximum Gasteiger partial charge on any atom is 0.193 e. The van der Waals surface area contributed by atoms with E-state index in [9.17, 15) is 0 Å². The molecule has 7 heteroatoms. The average Bonchev–Trinajstić information content (AvgIpc) is 3.00. The van der Waals surface area contributed by atoms with Gasteiger partial charge in [0.25, 0.3) is 0 Å². The van der Waals surface area contributed by atoms with Gasteiger partial charge in [0.1, 0.15) is 12.7 Å². The molecule has 6 nitrogen and oxygen atoms in total. The van der Waals surface area contributed by atoms with Gasteiger partial charge in [0, 0.05) is 32.7 Å². The molecular formula is C15H29IN6. The first kappa shape index (κ1) is 19.2. The first-order valence-electron chi connectivity index (χ1n) is 8.15. The average molecular weight is 420 g/mol. The van der Waals surface area contributed by atoms with Gasteiger partial charge in [-0.3, -0.25) is 4.99 Å². The highest BCUT2D eigenvalue weighted by atomic mass is 127. The molecule has 0 atom stereocenters. The maximum absolute atomic E-state index is 4.77. The molecule has 0 spiro atoms. The van der Waals surface area contributed by atoms with Crippen LogP contribution in [0.1, 0.15) is 39.5 Å². The van der Waals surface area contributed by atoms with Gasteiger partial charge in [0.15, 0.2) is 5.96 Å². The summed E-state index contributed by atoms with van der Waals surface area (Å²) in [6.45, 7) is 9.53. The van der Waals surface area contributed by atoms with E-state index >= 15 is 0 Å². The minimum Gasteiger partial charge on any atom is -0.357 e. The number of guanidine groups is 1. The standard InChI is InChI=1S/C15H28N6.HI/c1-3-16-15(21-10-6-14(2)7-11-21)17-8-4-5-9-20-12-18-19-13-20;/h12-14H,3-11H2,1-2H3,(H,16,17);1H. The number of nitrogens with one attached hydrogen (secondary N) is 1. The Bertz CT molecular complexity index is 412. The monoisotopic (exact) mass is 420 g/mol. The van der Waals surface area contributed by atoms with Crippen molar-refractivity contribution in [2.75, 3.05) is 26.2 Å². The fraction of sp³-hybridized carbons (Fsp3) is 0.800. The van der Waals surface area contributed by atoms with E-state index in [4.69, 9.17) is 4.99 Å². The van der Waals surface area contributed by atoms with Crippen LogP contribution in [-0.2, 0) is 6.54 Å². The van der Waals surface area contributed by atoms with Gasteiger partial charge in [0.2, 0.25) is 0 Å². The van der Waals surface area contributed by atoms with Gasteiger partial charge >= 0.3 is 0 Å². The van der Waals surface area contributed by atoms with Crippen LogP contribution in [0.15, 0.2) is 17.6 Å². The number of hydrogen-bond acceptors (Lipinski definition) is 3. The Morgan fingerprint density at radius 2 is 1.91 bits per heavy atom. The number of aromatic nitrogens is 3. The summed E-state index contributed by atoms with van der Waals surface area (Å²) in [4.78, 5) is 7.18. The highest BCUT2D eigenvalue weighted by Crippen LogP contribution is 2.15. The zero-order valence-corrected chi connectivity index (χ0v) is 16.1. The second-order valence-electron chi connectivity index (χ2n) is 5.81. The summed E-state index contributed by atoms with van der Waals surface area (Å²) in [6.07, 6.45) is 8.29. The first-order chi connectivity index (χ1) is 10.3. The van der Waals surface area contributed by atoms with Gasteiger partial charge in [-0.1, -0.05) is 6.92 Å². The molecule has 22 heavy (non-hydrogen) atoms. The lowest BCUT2D eigenvalue weighted by molar-refractivity contribution is 0.273. The minimum absolute atomic E-state index is 0. The third-order valence-electron chi connectivity index (χ3n) is 3.97. The molecule has 0 bridgehead atoms. The molecule has 0 unspecified atom stereocenters. The largest absolute Gasteiger partial charge is 0.357 e. The quantitative estimate of drug-likeness (QED) is 0.332. The number of unbranched alkanes of at least 4 members (excludes halogenated alkanes) is 1. The van der Waals surface area contributed by atoms with Crippen LogP contribution in [0, 0.1) is 5.92 Å². The number of likely N-dealkylation sites (tertiary alicyclic amines) is 1. The lowest BCUT2D eigenvalue weighted by atomic mass is 10.00. The van der Waals surface area contributed by atoms with E-state index in [0.717, 1.165) is 57.4 Å². The normalized spacial score (nSPS) is 16.5. The Morgan fingerprint density at radius 3 is 2.55 bits per heavy atom. The molecule has 0 amide bonds. The lowest BCUT2D eigenvalue weighted by Crippen LogP contribution is -2.45. The minimum atomic E-state index is 0. The predicted molar refractivity (Wildman–Crippen MR) is 101 cm³/mol. The summed E-state index contributed by atoms with van der Waals surface area (Å²) in [5.41, 5.74) is 0. The number of nitrogens with zero attached hydrogens (tertiary/aromatic N) is 5. The van der Waals surface area contributed by atoms with Crippen molar-refractivity contribution in [3.8, 4) is 0 Å². The van der Waals surface area contributed by atoms with Crippen molar-refractivity contribution in [3.05, 3.63) is 12.7 Å². The molecule has 0 saturated carbocycles. The van der Waals surface area contributed by atoms with Crippen molar-refractivity contribution in [3.63, 3.8) is 0 Å². The van der Waals surface area contributed by atoms with Crippen LogP contribution in [0.2, 0.25) is 0 Å². The van der Waals surface area contributed by atoms with Gasteiger partial charge in [-0.25, -0.2) is 0 Å². The summed E-state index contributed by atoms with van der Waals surface area (Å²) < 4.78 is 2.01. The summed E-state index contributed by atoms with van der Waals surface area (Å²) >= 11 is 0. The van der Waals surface area contributed by atoms with E-state index in [1.165, 1.54) is 12.8 Å². The maximum atomic E-state index is 4.77. The fourth-order valence-corrected chi connectivity index (χ4v) is 2.57. The second kappa shape index (κ2) is 10.8. The van der Waals surface area contributed by atoms with Crippen molar-refractivity contribution in [1.29, 1.82) is 0 Å². The molecule has 0 aliphatic carbocycles.